The Labute approximate surface area is 92.8 Å². The van der Waals surface area contributed by atoms with Gasteiger partial charge in [0.15, 0.2) is 0 Å². The number of anilines is 1. The van der Waals surface area contributed by atoms with Gasteiger partial charge in [-0.25, -0.2) is 0 Å². The zero-order chi connectivity index (χ0) is 8.77. The van der Waals surface area contributed by atoms with Crippen LogP contribution in [0.5, 0.6) is 0 Å². The molecule has 0 saturated carbocycles. The Morgan fingerprint density at radius 2 is 2.08 bits per heavy atom. The second-order valence-electron chi connectivity index (χ2n) is 3.00. The summed E-state index contributed by atoms with van der Waals surface area (Å²) in [5.41, 5.74) is 1.41. The van der Waals surface area contributed by atoms with Gasteiger partial charge in [0.1, 0.15) is 0 Å². The predicted molar refractivity (Wildman–Crippen MR) is 62.7 cm³/mol. The molecule has 1 aromatic rings. The fourth-order valence-electron chi connectivity index (χ4n) is 1.30. The van der Waals surface area contributed by atoms with Crippen molar-refractivity contribution in [3.05, 3.63) is 24.3 Å². The van der Waals surface area contributed by atoms with Crippen LogP contribution < -0.4 is 9.36 Å². The summed E-state index contributed by atoms with van der Waals surface area (Å²) in [7, 11) is 2.18. The van der Waals surface area contributed by atoms with Crippen LogP contribution in [0, 0.1) is 0 Å². The molecular formula is C9H10INSe. The average molecular weight is 338 g/mol. The van der Waals surface area contributed by atoms with Crippen LogP contribution in [0.2, 0.25) is 0 Å². The van der Waals surface area contributed by atoms with Crippen LogP contribution in [0.3, 0.4) is 0 Å². The number of benzene rings is 1. The van der Waals surface area contributed by atoms with Gasteiger partial charge in [0, 0.05) is 0 Å². The second kappa shape index (κ2) is 2.89. The number of alkyl halides is 1. The molecule has 1 aliphatic heterocycles. The van der Waals surface area contributed by atoms with Crippen LogP contribution in [0.15, 0.2) is 24.3 Å². The molecule has 0 bridgehead atoms. The second-order valence-corrected chi connectivity index (χ2v) is 9.76. The molecule has 1 unspecified atom stereocenters. The molecule has 1 nitrogen and oxygen atoms in total. The van der Waals surface area contributed by atoms with Crippen LogP contribution in [-0.2, 0) is 0 Å². The first kappa shape index (κ1) is 8.85. The van der Waals surface area contributed by atoms with Crippen molar-refractivity contribution in [3.8, 4) is 0 Å². The van der Waals surface area contributed by atoms with Crippen LogP contribution >= 0.6 is 22.6 Å². The molecule has 1 aromatic carbocycles. The molecule has 0 radical (unpaired) electrons. The van der Waals surface area contributed by atoms with E-state index in [9.17, 15) is 0 Å². The standard InChI is InChI=1S/C9H10INSe/c1-9(10)11(2)7-5-3-4-6-8(7)12-9/h3-6H,1-2H3. The molecule has 0 amide bonds. The molecule has 0 N–H and O–H groups in total. The number of nitrogens with zero attached hydrogens (tertiary/aromatic N) is 1. The van der Waals surface area contributed by atoms with Gasteiger partial charge in [0.25, 0.3) is 0 Å². The van der Waals surface area contributed by atoms with Crippen molar-refractivity contribution in [2.45, 2.75) is 9.37 Å². The number of fused-ring (bicyclic) bond motifs is 1. The summed E-state index contributed by atoms with van der Waals surface area (Å²) in [4.78, 5) is 2.38. The maximum absolute atomic E-state index is 2.54. The summed E-state index contributed by atoms with van der Waals surface area (Å²) in [5.74, 6) is 0. The van der Waals surface area contributed by atoms with Crippen LogP contribution in [-0.4, -0.2) is 24.4 Å². The van der Waals surface area contributed by atoms with Gasteiger partial charge in [-0.1, -0.05) is 0 Å². The molecular weight excluding hydrogens is 328 g/mol. The monoisotopic (exact) mass is 339 g/mol. The molecule has 0 aromatic heterocycles. The van der Waals surface area contributed by atoms with Crippen molar-refractivity contribution < 1.29 is 0 Å². The Bertz CT molecular complexity index is 311. The summed E-state index contributed by atoms with van der Waals surface area (Å²) >= 11 is 3.12. The van der Waals surface area contributed by atoms with Crippen molar-refractivity contribution in [1.82, 2.24) is 0 Å². The molecule has 0 aliphatic carbocycles. The Morgan fingerprint density at radius 3 is 2.75 bits per heavy atom. The Hall–Kier alpha value is 0.269. The van der Waals surface area contributed by atoms with Crippen LogP contribution in [0.4, 0.5) is 5.69 Å². The third-order valence-corrected chi connectivity index (χ3v) is 6.53. The van der Waals surface area contributed by atoms with Crippen LogP contribution in [0.25, 0.3) is 0 Å². The normalized spacial score (nSPS) is 27.4. The van der Waals surface area contributed by atoms with Gasteiger partial charge in [0.05, 0.1) is 0 Å². The summed E-state index contributed by atoms with van der Waals surface area (Å²) in [6.07, 6.45) is 0. The van der Waals surface area contributed by atoms with E-state index in [4.69, 9.17) is 0 Å². The predicted octanol–water partition coefficient (Wildman–Crippen LogP) is 1.57. The maximum atomic E-state index is 2.54. The van der Waals surface area contributed by atoms with E-state index in [1.807, 2.05) is 0 Å². The Kier molecular flexibility index (Phi) is 2.13. The first-order valence-electron chi connectivity index (χ1n) is 3.82. The molecule has 0 spiro atoms. The molecule has 2 rings (SSSR count). The van der Waals surface area contributed by atoms with E-state index in [0.717, 1.165) is 0 Å². The van der Waals surface area contributed by atoms with E-state index in [-0.39, 0.29) is 0 Å². The van der Waals surface area contributed by atoms with Gasteiger partial charge in [-0.05, 0) is 0 Å². The van der Waals surface area contributed by atoms with Crippen molar-refractivity contribution >= 4 is 47.7 Å². The zero-order valence-electron chi connectivity index (χ0n) is 7.04. The zero-order valence-corrected chi connectivity index (χ0v) is 10.9. The van der Waals surface area contributed by atoms with E-state index in [0.29, 0.717) is 17.4 Å². The first-order valence-corrected chi connectivity index (χ1v) is 6.61. The SMILES string of the molecule is CN1c2ccccc2[Se]C1(C)I. The molecule has 1 aliphatic rings. The Balaban J connectivity index is 2.49. The van der Waals surface area contributed by atoms with Gasteiger partial charge < -0.3 is 0 Å². The van der Waals surface area contributed by atoms with Crippen molar-refractivity contribution in [2.75, 3.05) is 11.9 Å². The van der Waals surface area contributed by atoms with E-state index in [1.165, 1.54) is 10.1 Å². The third-order valence-electron chi connectivity index (χ3n) is 2.12. The van der Waals surface area contributed by atoms with Crippen molar-refractivity contribution in [2.24, 2.45) is 0 Å². The molecule has 64 valence electrons. The third kappa shape index (κ3) is 1.28. The molecule has 3 heteroatoms. The fourth-order valence-corrected chi connectivity index (χ4v) is 5.09. The summed E-state index contributed by atoms with van der Waals surface area (Å²) in [6.45, 7) is 2.30. The number of rotatable bonds is 0. The van der Waals surface area contributed by atoms with Crippen molar-refractivity contribution in [1.29, 1.82) is 0 Å². The molecule has 0 saturated heterocycles. The number of halogens is 1. The number of para-hydroxylation sites is 1. The Morgan fingerprint density at radius 1 is 1.42 bits per heavy atom. The first-order chi connectivity index (χ1) is 5.61. The summed E-state index contributed by atoms with van der Waals surface area (Å²) < 4.78 is 1.86. The molecule has 1 heterocycles. The summed E-state index contributed by atoms with van der Waals surface area (Å²) in [5, 5.41) is 0. The molecule has 12 heavy (non-hydrogen) atoms. The number of hydrogen-bond acceptors (Lipinski definition) is 1. The summed E-state index contributed by atoms with van der Waals surface area (Å²) in [6, 6.07) is 8.70. The van der Waals surface area contributed by atoms with Gasteiger partial charge in [-0.3, -0.25) is 0 Å². The molecule has 0 fully saturated rings. The quantitative estimate of drug-likeness (QED) is 0.301. The van der Waals surface area contributed by atoms with Gasteiger partial charge in [0.2, 0.25) is 0 Å². The van der Waals surface area contributed by atoms with E-state index in [2.05, 4.69) is 65.7 Å². The topological polar surface area (TPSA) is 3.24 Å². The molecule has 1 atom stereocenters. The van der Waals surface area contributed by atoms with Gasteiger partial charge in [-0.2, -0.15) is 0 Å². The van der Waals surface area contributed by atoms with Crippen molar-refractivity contribution in [3.63, 3.8) is 0 Å². The van der Waals surface area contributed by atoms with E-state index < -0.39 is 0 Å². The van der Waals surface area contributed by atoms with E-state index >= 15 is 0 Å². The van der Waals surface area contributed by atoms with E-state index in [1.54, 1.807) is 0 Å². The van der Waals surface area contributed by atoms with Gasteiger partial charge >= 0.3 is 93.3 Å². The average Bonchev–Trinajstić information content (AvgIpc) is 2.24. The fraction of sp³-hybridized carbons (Fsp3) is 0.333. The minimum absolute atomic E-state index is 0.328. The van der Waals surface area contributed by atoms with Gasteiger partial charge in [-0.15, -0.1) is 0 Å². The van der Waals surface area contributed by atoms with Crippen LogP contribution in [0.1, 0.15) is 6.92 Å². The minimum atomic E-state index is 0.328. The number of hydrogen-bond donors (Lipinski definition) is 0.